The molecule has 0 saturated carbocycles. The van der Waals surface area contributed by atoms with E-state index in [0.29, 0.717) is 10.1 Å². The van der Waals surface area contributed by atoms with Gasteiger partial charge in [-0.15, -0.1) is 0 Å². The van der Waals surface area contributed by atoms with Crippen molar-refractivity contribution in [2.24, 2.45) is 0 Å². The van der Waals surface area contributed by atoms with Crippen LogP contribution in [0.5, 0.6) is 5.75 Å². The Morgan fingerprint density at radius 2 is 2.00 bits per heavy atom. The van der Waals surface area contributed by atoms with E-state index in [2.05, 4.69) is 0 Å². The number of benzene rings is 2. The Morgan fingerprint density at radius 3 is 2.62 bits per heavy atom. The first kappa shape index (κ1) is 15.6. The van der Waals surface area contributed by atoms with E-state index in [0.717, 1.165) is 17.0 Å². The van der Waals surface area contributed by atoms with Crippen LogP contribution in [-0.2, 0) is 6.54 Å². The van der Waals surface area contributed by atoms with E-state index < -0.39 is 0 Å². The average molecular weight is 398 g/mol. The highest BCUT2D eigenvalue weighted by atomic mass is 127. The maximum Gasteiger partial charge on any atom is 0.282 e. The Balaban J connectivity index is 2.22. The molecule has 0 bridgehead atoms. The van der Waals surface area contributed by atoms with Crippen LogP contribution in [0.1, 0.15) is 5.56 Å². The summed E-state index contributed by atoms with van der Waals surface area (Å²) in [6, 6.07) is 12.9. The molecular weight excluding hydrogens is 383 g/mol. The first-order valence-corrected chi connectivity index (χ1v) is 7.37. The summed E-state index contributed by atoms with van der Waals surface area (Å²) in [6.07, 6.45) is 0. The van der Waals surface area contributed by atoms with Crippen molar-refractivity contribution in [3.63, 3.8) is 0 Å². The van der Waals surface area contributed by atoms with Crippen molar-refractivity contribution in [2.75, 3.05) is 19.1 Å². The lowest BCUT2D eigenvalue weighted by molar-refractivity contribution is -0.385. The molecule has 2 rings (SSSR count). The number of rotatable bonds is 5. The summed E-state index contributed by atoms with van der Waals surface area (Å²) in [5.74, 6) is 0.834. The number of anilines is 1. The first-order valence-electron chi connectivity index (χ1n) is 6.30. The summed E-state index contributed by atoms with van der Waals surface area (Å²) in [5, 5.41) is 10.8. The molecule has 110 valence electrons. The Labute approximate surface area is 136 Å². The summed E-state index contributed by atoms with van der Waals surface area (Å²) in [6.45, 7) is 0.665. The second-order valence-electron chi connectivity index (χ2n) is 4.56. The van der Waals surface area contributed by atoms with Gasteiger partial charge in [0, 0.05) is 30.9 Å². The molecule has 0 fully saturated rings. The second kappa shape index (κ2) is 6.75. The van der Waals surface area contributed by atoms with Crippen LogP contribution in [-0.4, -0.2) is 19.1 Å². The number of nitrogens with zero attached hydrogens (tertiary/aromatic N) is 2. The molecule has 0 N–H and O–H groups in total. The summed E-state index contributed by atoms with van der Waals surface area (Å²) in [7, 11) is 3.59. The molecular formula is C15H15IN2O3. The van der Waals surface area contributed by atoms with E-state index >= 15 is 0 Å². The number of nitro benzene ring substituents is 1. The Bertz CT molecular complexity index is 661. The highest BCUT2D eigenvalue weighted by Gasteiger charge is 2.14. The van der Waals surface area contributed by atoms with Gasteiger partial charge in [0.2, 0.25) is 0 Å². The van der Waals surface area contributed by atoms with Crippen LogP contribution in [0.15, 0.2) is 42.5 Å². The molecule has 0 aliphatic carbocycles. The zero-order valence-corrected chi connectivity index (χ0v) is 13.9. The van der Waals surface area contributed by atoms with E-state index in [1.807, 2.05) is 64.9 Å². The van der Waals surface area contributed by atoms with Gasteiger partial charge < -0.3 is 9.64 Å². The van der Waals surface area contributed by atoms with Gasteiger partial charge in [0.05, 0.1) is 15.6 Å². The van der Waals surface area contributed by atoms with E-state index in [-0.39, 0.29) is 10.6 Å². The Morgan fingerprint density at radius 1 is 1.29 bits per heavy atom. The van der Waals surface area contributed by atoms with Crippen LogP contribution in [0.3, 0.4) is 0 Å². The lowest BCUT2D eigenvalue weighted by Crippen LogP contribution is -2.17. The van der Waals surface area contributed by atoms with Gasteiger partial charge in [-0.1, -0.05) is 18.2 Å². The smallest absolute Gasteiger partial charge is 0.282 e. The Kier molecular flexibility index (Phi) is 5.00. The number of ether oxygens (including phenoxy) is 1. The minimum atomic E-state index is -0.369. The van der Waals surface area contributed by atoms with E-state index in [1.54, 1.807) is 13.2 Å². The number of hydrogen-bond donors (Lipinski definition) is 0. The van der Waals surface area contributed by atoms with Gasteiger partial charge in [-0.05, 0) is 40.8 Å². The number of methoxy groups -OCH3 is 1. The lowest BCUT2D eigenvalue weighted by atomic mass is 10.1. The van der Waals surface area contributed by atoms with Gasteiger partial charge in [-0.25, -0.2) is 0 Å². The molecule has 2 aromatic carbocycles. The molecule has 0 atom stereocenters. The van der Waals surface area contributed by atoms with E-state index in [9.17, 15) is 10.1 Å². The molecule has 0 heterocycles. The third-order valence-corrected chi connectivity index (χ3v) is 4.03. The number of para-hydroxylation sites is 1. The zero-order valence-electron chi connectivity index (χ0n) is 11.7. The highest BCUT2D eigenvalue weighted by Crippen LogP contribution is 2.27. The van der Waals surface area contributed by atoms with E-state index in [1.165, 1.54) is 6.07 Å². The molecule has 0 amide bonds. The van der Waals surface area contributed by atoms with Gasteiger partial charge in [0.15, 0.2) is 0 Å². The maximum atomic E-state index is 10.8. The molecule has 0 aromatic heterocycles. The molecule has 6 heteroatoms. The SMILES string of the molecule is COc1ccccc1CN(C)c1ccc([N+](=O)[O-])c(I)c1. The minimum Gasteiger partial charge on any atom is -0.496 e. The van der Waals surface area contributed by atoms with Crippen LogP contribution >= 0.6 is 22.6 Å². The van der Waals surface area contributed by atoms with Crippen molar-refractivity contribution in [1.29, 1.82) is 0 Å². The third kappa shape index (κ3) is 3.63. The van der Waals surface area contributed by atoms with Crippen molar-refractivity contribution in [3.8, 4) is 5.75 Å². The fourth-order valence-corrected chi connectivity index (χ4v) is 2.76. The zero-order chi connectivity index (χ0) is 15.4. The fourth-order valence-electron chi connectivity index (χ4n) is 2.06. The van der Waals surface area contributed by atoms with Crippen molar-refractivity contribution >= 4 is 34.0 Å². The number of hydrogen-bond acceptors (Lipinski definition) is 4. The van der Waals surface area contributed by atoms with Crippen LogP contribution in [0, 0.1) is 13.7 Å². The second-order valence-corrected chi connectivity index (χ2v) is 5.72. The summed E-state index contributed by atoms with van der Waals surface area (Å²) >= 11 is 1.99. The molecule has 0 radical (unpaired) electrons. The van der Waals surface area contributed by atoms with Crippen molar-refractivity contribution in [3.05, 3.63) is 61.7 Å². The first-order chi connectivity index (χ1) is 10.0. The molecule has 0 spiro atoms. The minimum absolute atomic E-state index is 0.130. The van der Waals surface area contributed by atoms with Gasteiger partial charge in [0.1, 0.15) is 5.75 Å². The topological polar surface area (TPSA) is 55.6 Å². The van der Waals surface area contributed by atoms with Crippen molar-refractivity contribution in [1.82, 2.24) is 0 Å². The van der Waals surface area contributed by atoms with Gasteiger partial charge in [0.25, 0.3) is 5.69 Å². The van der Waals surface area contributed by atoms with Crippen LogP contribution < -0.4 is 9.64 Å². The fraction of sp³-hybridized carbons (Fsp3) is 0.200. The summed E-state index contributed by atoms with van der Waals surface area (Å²) in [4.78, 5) is 12.5. The largest absolute Gasteiger partial charge is 0.496 e. The predicted octanol–water partition coefficient (Wildman–Crippen LogP) is 3.84. The predicted molar refractivity (Wildman–Crippen MR) is 90.9 cm³/mol. The Hall–Kier alpha value is -1.83. The standard InChI is InChI=1S/C15H15IN2O3/c1-17(10-11-5-3-4-6-15(11)21-2)12-7-8-14(18(19)20)13(16)9-12/h3-9H,10H2,1-2H3. The van der Waals surface area contributed by atoms with Gasteiger partial charge in [-0.2, -0.15) is 0 Å². The molecule has 0 aliphatic heterocycles. The third-order valence-electron chi connectivity index (χ3n) is 3.17. The van der Waals surface area contributed by atoms with E-state index in [4.69, 9.17) is 4.74 Å². The highest BCUT2D eigenvalue weighted by molar-refractivity contribution is 14.1. The molecule has 2 aromatic rings. The normalized spacial score (nSPS) is 10.2. The number of nitro groups is 1. The maximum absolute atomic E-state index is 10.8. The van der Waals surface area contributed by atoms with Crippen LogP contribution in [0.25, 0.3) is 0 Å². The molecule has 0 saturated heterocycles. The lowest BCUT2D eigenvalue weighted by Gasteiger charge is -2.21. The molecule has 5 nitrogen and oxygen atoms in total. The quantitative estimate of drug-likeness (QED) is 0.436. The van der Waals surface area contributed by atoms with Crippen LogP contribution in [0.2, 0.25) is 0 Å². The molecule has 0 unspecified atom stereocenters. The average Bonchev–Trinajstić information content (AvgIpc) is 2.47. The van der Waals surface area contributed by atoms with Crippen LogP contribution in [0.4, 0.5) is 11.4 Å². The summed E-state index contributed by atoms with van der Waals surface area (Å²) in [5.41, 5.74) is 2.12. The van der Waals surface area contributed by atoms with Crippen molar-refractivity contribution < 1.29 is 9.66 Å². The number of halogens is 1. The van der Waals surface area contributed by atoms with Crippen molar-refractivity contribution in [2.45, 2.75) is 6.54 Å². The molecule has 21 heavy (non-hydrogen) atoms. The van der Waals surface area contributed by atoms with Gasteiger partial charge >= 0.3 is 0 Å². The monoisotopic (exact) mass is 398 g/mol. The van der Waals surface area contributed by atoms with Gasteiger partial charge in [-0.3, -0.25) is 10.1 Å². The summed E-state index contributed by atoms with van der Waals surface area (Å²) < 4.78 is 5.97. The molecule has 0 aliphatic rings.